The van der Waals surface area contributed by atoms with Gasteiger partial charge in [-0.2, -0.15) is 0 Å². The van der Waals surface area contributed by atoms with Gasteiger partial charge in [0.25, 0.3) is 5.69 Å². The van der Waals surface area contributed by atoms with Crippen LogP contribution in [0.1, 0.15) is 17.0 Å². The molecule has 6 nitrogen and oxygen atoms in total. The lowest BCUT2D eigenvalue weighted by Crippen LogP contribution is -2.18. The number of nitro groups is 1. The number of ether oxygens (including phenoxy) is 1. The molecule has 0 bridgehead atoms. The molecular weight excluding hydrogens is 272 g/mol. The number of carbonyl (C=O) groups is 1. The Morgan fingerprint density at radius 2 is 2.05 bits per heavy atom. The van der Waals surface area contributed by atoms with Crippen LogP contribution in [-0.2, 0) is 16.0 Å². The Morgan fingerprint density at radius 3 is 2.67 bits per heavy atom. The standard InChI is InChI=1S/C15H14N2O4/c1-21-15(18)13(9-11-5-3-2-4-6-11)12-7-8-16-10-14(12)17(19)20/h2-8,10,13H,9H2,1H3. The summed E-state index contributed by atoms with van der Waals surface area (Å²) in [5, 5.41) is 11.1. The van der Waals surface area contributed by atoms with Crippen LogP contribution in [0.2, 0.25) is 0 Å². The SMILES string of the molecule is COC(=O)C(Cc1ccccc1)c1ccncc1[N+](=O)[O-]. The first-order valence-electron chi connectivity index (χ1n) is 6.33. The van der Waals surface area contributed by atoms with Crippen molar-refractivity contribution in [3.8, 4) is 0 Å². The molecule has 21 heavy (non-hydrogen) atoms. The predicted octanol–water partition coefficient (Wildman–Crippen LogP) is 2.49. The Morgan fingerprint density at radius 1 is 1.33 bits per heavy atom. The number of esters is 1. The first-order valence-corrected chi connectivity index (χ1v) is 6.33. The number of methoxy groups -OCH3 is 1. The van der Waals surface area contributed by atoms with Crippen LogP contribution >= 0.6 is 0 Å². The molecule has 0 aliphatic carbocycles. The van der Waals surface area contributed by atoms with E-state index in [2.05, 4.69) is 4.98 Å². The van der Waals surface area contributed by atoms with Crippen LogP contribution in [0.4, 0.5) is 5.69 Å². The molecule has 0 saturated carbocycles. The van der Waals surface area contributed by atoms with Crippen molar-refractivity contribution in [3.63, 3.8) is 0 Å². The Labute approximate surface area is 121 Å². The fraction of sp³-hybridized carbons (Fsp3) is 0.200. The molecule has 0 radical (unpaired) electrons. The van der Waals surface area contributed by atoms with Gasteiger partial charge in [0, 0.05) is 11.8 Å². The summed E-state index contributed by atoms with van der Waals surface area (Å²) < 4.78 is 4.79. The average molecular weight is 286 g/mol. The molecule has 0 aliphatic rings. The highest BCUT2D eigenvalue weighted by molar-refractivity contribution is 5.80. The minimum atomic E-state index is -0.735. The van der Waals surface area contributed by atoms with Crippen molar-refractivity contribution in [1.29, 1.82) is 0 Å². The van der Waals surface area contributed by atoms with Gasteiger partial charge < -0.3 is 4.74 Å². The van der Waals surface area contributed by atoms with Crippen LogP contribution in [-0.4, -0.2) is 23.0 Å². The third kappa shape index (κ3) is 3.42. The van der Waals surface area contributed by atoms with Crippen LogP contribution in [0.5, 0.6) is 0 Å². The predicted molar refractivity (Wildman–Crippen MR) is 75.8 cm³/mol. The number of aromatic nitrogens is 1. The molecule has 6 heteroatoms. The molecule has 1 unspecified atom stereocenters. The van der Waals surface area contributed by atoms with Gasteiger partial charge >= 0.3 is 5.97 Å². The van der Waals surface area contributed by atoms with Gasteiger partial charge in [-0.1, -0.05) is 30.3 Å². The van der Waals surface area contributed by atoms with E-state index in [0.29, 0.717) is 12.0 Å². The number of carbonyl (C=O) groups excluding carboxylic acids is 1. The number of rotatable bonds is 5. The van der Waals surface area contributed by atoms with Crippen molar-refractivity contribution in [1.82, 2.24) is 4.98 Å². The van der Waals surface area contributed by atoms with Crippen molar-refractivity contribution < 1.29 is 14.5 Å². The molecule has 1 heterocycles. The summed E-state index contributed by atoms with van der Waals surface area (Å²) in [6, 6.07) is 10.8. The normalized spacial score (nSPS) is 11.7. The zero-order valence-electron chi connectivity index (χ0n) is 11.4. The van der Waals surface area contributed by atoms with E-state index >= 15 is 0 Å². The van der Waals surface area contributed by atoms with E-state index in [0.717, 1.165) is 11.8 Å². The molecular formula is C15H14N2O4. The van der Waals surface area contributed by atoms with Crippen LogP contribution in [0.25, 0.3) is 0 Å². The molecule has 0 fully saturated rings. The molecule has 1 aromatic heterocycles. The lowest BCUT2D eigenvalue weighted by molar-refractivity contribution is -0.386. The van der Waals surface area contributed by atoms with E-state index in [1.807, 2.05) is 30.3 Å². The highest BCUT2D eigenvalue weighted by Gasteiger charge is 2.29. The summed E-state index contributed by atoms with van der Waals surface area (Å²) in [5.74, 6) is -1.24. The quantitative estimate of drug-likeness (QED) is 0.479. The summed E-state index contributed by atoms with van der Waals surface area (Å²) >= 11 is 0. The summed E-state index contributed by atoms with van der Waals surface area (Å²) in [7, 11) is 1.27. The van der Waals surface area contributed by atoms with E-state index < -0.39 is 16.8 Å². The van der Waals surface area contributed by atoms with E-state index in [4.69, 9.17) is 4.74 Å². The Balaban J connectivity index is 2.42. The minimum absolute atomic E-state index is 0.177. The van der Waals surface area contributed by atoms with Gasteiger partial charge in [0.05, 0.1) is 18.0 Å². The zero-order chi connectivity index (χ0) is 15.2. The van der Waals surface area contributed by atoms with Crippen LogP contribution in [0.15, 0.2) is 48.8 Å². The molecule has 2 rings (SSSR count). The maximum absolute atomic E-state index is 12.0. The van der Waals surface area contributed by atoms with Gasteiger partial charge in [0.1, 0.15) is 6.20 Å². The summed E-state index contributed by atoms with van der Waals surface area (Å²) in [6.07, 6.45) is 2.91. The van der Waals surface area contributed by atoms with Crippen molar-refractivity contribution in [2.45, 2.75) is 12.3 Å². The van der Waals surface area contributed by atoms with E-state index in [1.54, 1.807) is 0 Å². The largest absolute Gasteiger partial charge is 0.469 e. The van der Waals surface area contributed by atoms with Crippen LogP contribution < -0.4 is 0 Å². The highest BCUT2D eigenvalue weighted by Crippen LogP contribution is 2.29. The van der Waals surface area contributed by atoms with Gasteiger partial charge in [-0.3, -0.25) is 19.9 Å². The molecule has 0 N–H and O–H groups in total. The van der Waals surface area contributed by atoms with Gasteiger partial charge in [0.15, 0.2) is 0 Å². The number of hydrogen-bond acceptors (Lipinski definition) is 5. The van der Waals surface area contributed by atoms with Crippen molar-refractivity contribution in [3.05, 3.63) is 70.0 Å². The molecule has 0 saturated heterocycles. The molecule has 108 valence electrons. The summed E-state index contributed by atoms with van der Waals surface area (Å²) in [5.41, 5.74) is 1.04. The second-order valence-electron chi connectivity index (χ2n) is 4.46. The fourth-order valence-corrected chi connectivity index (χ4v) is 2.16. The smallest absolute Gasteiger partial charge is 0.313 e. The van der Waals surface area contributed by atoms with Crippen LogP contribution in [0, 0.1) is 10.1 Å². The first-order chi connectivity index (χ1) is 10.1. The molecule has 0 amide bonds. The lowest BCUT2D eigenvalue weighted by Gasteiger charge is -2.15. The van der Waals surface area contributed by atoms with Gasteiger partial charge in [-0.15, -0.1) is 0 Å². The molecule has 1 atom stereocenters. The minimum Gasteiger partial charge on any atom is -0.469 e. The second kappa shape index (κ2) is 6.60. The number of nitrogens with zero attached hydrogens (tertiary/aromatic N) is 2. The Kier molecular flexibility index (Phi) is 4.61. The fourth-order valence-electron chi connectivity index (χ4n) is 2.16. The van der Waals surface area contributed by atoms with Gasteiger partial charge in [-0.25, -0.2) is 0 Å². The monoisotopic (exact) mass is 286 g/mol. The lowest BCUT2D eigenvalue weighted by atomic mass is 9.91. The van der Waals surface area contributed by atoms with Gasteiger partial charge in [0.2, 0.25) is 0 Å². The van der Waals surface area contributed by atoms with E-state index in [9.17, 15) is 14.9 Å². The first kappa shape index (κ1) is 14.6. The number of pyridine rings is 1. The molecule has 2 aromatic rings. The highest BCUT2D eigenvalue weighted by atomic mass is 16.6. The Bertz CT molecular complexity index is 643. The van der Waals surface area contributed by atoms with E-state index in [1.165, 1.54) is 19.4 Å². The third-order valence-electron chi connectivity index (χ3n) is 3.17. The molecule has 0 spiro atoms. The maximum atomic E-state index is 12.0. The van der Waals surface area contributed by atoms with Crippen molar-refractivity contribution in [2.75, 3.05) is 7.11 Å². The molecule has 0 aliphatic heterocycles. The Hall–Kier alpha value is -2.76. The van der Waals surface area contributed by atoms with Crippen molar-refractivity contribution in [2.24, 2.45) is 0 Å². The third-order valence-corrected chi connectivity index (χ3v) is 3.17. The number of benzene rings is 1. The van der Waals surface area contributed by atoms with Crippen molar-refractivity contribution >= 4 is 11.7 Å². The summed E-state index contributed by atoms with van der Waals surface area (Å²) in [6.45, 7) is 0. The van der Waals surface area contributed by atoms with E-state index in [-0.39, 0.29) is 5.69 Å². The average Bonchev–Trinajstić information content (AvgIpc) is 2.53. The number of hydrogen-bond donors (Lipinski definition) is 0. The van der Waals surface area contributed by atoms with Gasteiger partial charge in [-0.05, 0) is 18.1 Å². The zero-order valence-corrected chi connectivity index (χ0v) is 11.4. The maximum Gasteiger partial charge on any atom is 0.313 e. The summed E-state index contributed by atoms with van der Waals surface area (Å²) in [4.78, 5) is 26.3. The second-order valence-corrected chi connectivity index (χ2v) is 4.46. The topological polar surface area (TPSA) is 82.3 Å². The molecule has 1 aromatic carbocycles. The van der Waals surface area contributed by atoms with Crippen LogP contribution in [0.3, 0.4) is 0 Å².